The van der Waals surface area contributed by atoms with Crippen molar-refractivity contribution in [2.45, 2.75) is 176 Å². The lowest BCUT2D eigenvalue weighted by atomic mass is 9.98. The number of halogens is 19. The maximum absolute atomic E-state index is 13.6. The Balaban J connectivity index is 0.000000159. The van der Waals surface area contributed by atoms with Crippen LogP contribution < -0.4 is 9.47 Å². The van der Waals surface area contributed by atoms with Crippen LogP contribution in [0.3, 0.4) is 0 Å². The van der Waals surface area contributed by atoms with E-state index in [1.54, 1.807) is 113 Å². The Bertz CT molecular complexity index is 7310. The van der Waals surface area contributed by atoms with E-state index in [9.17, 15) is 83.4 Å². The first kappa shape index (κ1) is 106. The van der Waals surface area contributed by atoms with Gasteiger partial charge in [0.05, 0.1) is 16.5 Å². The van der Waals surface area contributed by atoms with Crippen molar-refractivity contribution in [2.75, 3.05) is 0 Å². The molecule has 0 saturated carbocycles. The van der Waals surface area contributed by atoms with Gasteiger partial charge in [0.1, 0.15) is 30.7 Å². The number of ether oxygens (including phenoxy) is 2. The Labute approximate surface area is 785 Å². The highest BCUT2D eigenvalue weighted by atomic mass is 19.4. The lowest BCUT2D eigenvalue weighted by Crippen LogP contribution is -2.08. The molecule has 0 aliphatic rings. The fourth-order valence-electron chi connectivity index (χ4n) is 16.3. The van der Waals surface area contributed by atoms with Crippen molar-refractivity contribution in [3.8, 4) is 11.5 Å². The molecule has 21 heteroatoms. The number of fused-ring (bicyclic) bond motifs is 9. The molecule has 0 bridgehead atoms. The van der Waals surface area contributed by atoms with E-state index in [-0.39, 0.29) is 63.3 Å². The number of aryl methyl sites for hydroxylation is 18. The maximum atomic E-state index is 13.6. The largest absolute Gasteiger partial charge is 0.434 e. The summed E-state index contributed by atoms with van der Waals surface area (Å²) in [6, 6.07) is 78.3. The molecule has 0 radical (unpaired) electrons. The van der Waals surface area contributed by atoms with Crippen molar-refractivity contribution in [1.82, 2.24) is 0 Å². The topological polar surface area (TPSA) is 18.5 Å². The third-order valence-corrected chi connectivity index (χ3v) is 23.0. The zero-order chi connectivity index (χ0) is 101. The van der Waals surface area contributed by atoms with Gasteiger partial charge in [0.15, 0.2) is 11.6 Å². The highest BCUT2D eigenvalue weighted by Gasteiger charge is 2.35. The average Bonchev–Trinajstić information content (AvgIpc) is 0.777. The monoisotopic (exact) mass is 1890 g/mol. The van der Waals surface area contributed by atoms with Gasteiger partial charge in [-0.05, 0) is 291 Å². The molecule has 18 aromatic carbocycles. The predicted molar refractivity (Wildman–Crippen MR) is 523 cm³/mol. The van der Waals surface area contributed by atoms with Crippen molar-refractivity contribution < 1.29 is 92.9 Å². The van der Waals surface area contributed by atoms with E-state index in [4.69, 9.17) is 0 Å². The summed E-state index contributed by atoms with van der Waals surface area (Å²) in [7, 11) is 0. The first-order valence-corrected chi connectivity index (χ1v) is 43.8. The Hall–Kier alpha value is -13.4. The van der Waals surface area contributed by atoms with Crippen LogP contribution in [0, 0.1) is 142 Å². The minimum Gasteiger partial charge on any atom is -0.434 e. The Morgan fingerprint density at radius 3 is 1.11 bits per heavy atom. The molecule has 0 N–H and O–H groups in total. The average molecular weight is 1890 g/mol. The van der Waals surface area contributed by atoms with Gasteiger partial charge in [0.2, 0.25) is 0 Å². The second-order valence-electron chi connectivity index (χ2n) is 34.5. The van der Waals surface area contributed by atoms with Gasteiger partial charge in [-0.1, -0.05) is 286 Å². The fourth-order valence-corrected chi connectivity index (χ4v) is 16.3. The van der Waals surface area contributed by atoms with E-state index < -0.39 is 67.0 Å². The molecule has 0 aliphatic carbocycles. The van der Waals surface area contributed by atoms with Gasteiger partial charge in [-0.15, -0.1) is 0 Å². The Morgan fingerprint density at radius 1 is 0.248 bits per heavy atom. The Morgan fingerprint density at radius 2 is 0.613 bits per heavy atom. The Kier molecular flexibility index (Phi) is 35.4. The van der Waals surface area contributed by atoms with Crippen LogP contribution in [-0.4, -0.2) is 13.2 Å². The summed E-state index contributed by atoms with van der Waals surface area (Å²) in [4.78, 5) is 0. The first-order valence-electron chi connectivity index (χ1n) is 43.8. The molecule has 0 aromatic heterocycles. The molecule has 18 aromatic rings. The molecule has 0 heterocycles. The molecule has 714 valence electrons. The van der Waals surface area contributed by atoms with Gasteiger partial charge in [-0.2, -0.15) is 43.9 Å². The third kappa shape index (κ3) is 27.3. The summed E-state index contributed by atoms with van der Waals surface area (Å²) in [6.07, 6.45) is -13.4. The zero-order valence-corrected chi connectivity index (χ0v) is 79.0. The van der Waals surface area contributed by atoms with Gasteiger partial charge in [-0.3, -0.25) is 0 Å². The molecule has 0 spiro atoms. The number of benzene rings is 18. The smallest absolute Gasteiger partial charge is 0.417 e. The minimum atomic E-state index is -4.29. The van der Waals surface area contributed by atoms with Gasteiger partial charge in [-0.25, -0.2) is 39.5 Å². The van der Waals surface area contributed by atoms with Crippen LogP contribution in [0.5, 0.6) is 11.5 Å². The summed E-state index contributed by atoms with van der Waals surface area (Å²) in [5.41, 5.74) is 15.9. The normalized spacial score (nSPS) is 11.3. The molecular weight excluding hydrogens is 1790 g/mol. The minimum absolute atomic E-state index is 0.133. The standard InChI is InChI=1S/2C13H11F3.2C13H12F2O.2C13H12F2.2C13H13F.C12H9F3/c1-8-3-6-11-10(7-8)5-4-9(2)12(11)13(14,15)16;1-8-3-4-10-5-9(2)7-12(11(10)6-8)13(14,15)16;1-8-3-6-11-10(7-8)5-4-9(2)12(11)16-13(14)15;1-8-3-4-10-5-9(2)7-12(11(10)6-8)16-13(14)15;1-8-3-6-11-10(7-8)5-4-9(2)12(11)13(14)15;1-8-3-4-10-5-9(2)7-12(13(14)15)11(10)6-8;1-9-3-6-12-11(7-9)5-4-10(2)13(12)8-14;1-9-3-4-11-5-10(2)6-12(8-14)13(11)7-9;1-6-3-4-8-5-7(2)11(14)12(15)9(8)10(6)13/h2*3-7H,1-2H3;2*3-7,13H,1-2H3;2*3-7,13H,1-2H3;2*3-7H,8H2,1-2H3;3-5H,1-2H3. The zero-order valence-electron chi connectivity index (χ0n) is 79.0. The summed E-state index contributed by atoms with van der Waals surface area (Å²) < 4.78 is 253. The van der Waals surface area contributed by atoms with Gasteiger partial charge >= 0.3 is 25.6 Å². The van der Waals surface area contributed by atoms with E-state index in [1.165, 1.54) is 50.1 Å². The lowest BCUT2D eigenvalue weighted by molar-refractivity contribution is -0.137. The number of alkyl halides is 16. The molecule has 0 atom stereocenters. The molecule has 0 aliphatic heterocycles. The van der Waals surface area contributed by atoms with Crippen molar-refractivity contribution in [3.63, 3.8) is 0 Å². The van der Waals surface area contributed by atoms with Crippen molar-refractivity contribution in [1.29, 1.82) is 0 Å². The number of rotatable bonds is 8. The molecule has 0 unspecified atom stereocenters. The lowest BCUT2D eigenvalue weighted by Gasteiger charge is -2.13. The quantitative estimate of drug-likeness (QED) is 0.141. The highest BCUT2D eigenvalue weighted by molar-refractivity contribution is 5.95. The highest BCUT2D eigenvalue weighted by Crippen LogP contribution is 2.41. The van der Waals surface area contributed by atoms with Crippen molar-refractivity contribution >= 4 is 97.0 Å². The fraction of sp³-hybridized carbons (Fsp3) is 0.224. The predicted octanol–water partition coefficient (Wildman–Crippen LogP) is 37.6. The molecule has 0 amide bonds. The van der Waals surface area contributed by atoms with E-state index in [0.717, 1.165) is 126 Å². The molecule has 0 saturated heterocycles. The first-order chi connectivity index (χ1) is 64.5. The van der Waals surface area contributed by atoms with Crippen LogP contribution in [-0.2, 0) is 25.7 Å². The number of hydrogen-bond acceptors (Lipinski definition) is 2. The summed E-state index contributed by atoms with van der Waals surface area (Å²) in [5.74, 6) is -2.26. The van der Waals surface area contributed by atoms with E-state index in [0.29, 0.717) is 43.6 Å². The molecule has 0 fully saturated rings. The van der Waals surface area contributed by atoms with Crippen LogP contribution in [0.25, 0.3) is 97.0 Å². The summed E-state index contributed by atoms with van der Waals surface area (Å²) in [5, 5.41) is 12.7. The second-order valence-corrected chi connectivity index (χ2v) is 34.5. The van der Waals surface area contributed by atoms with Crippen LogP contribution >= 0.6 is 0 Å². The number of hydrogen-bond donors (Lipinski definition) is 0. The van der Waals surface area contributed by atoms with Gasteiger partial charge in [0, 0.05) is 21.9 Å². The summed E-state index contributed by atoms with van der Waals surface area (Å²) in [6.45, 7) is 26.4. The van der Waals surface area contributed by atoms with Crippen LogP contribution in [0.2, 0.25) is 0 Å². The molecule has 2 nitrogen and oxygen atoms in total. The van der Waals surface area contributed by atoms with Crippen LogP contribution in [0.1, 0.15) is 146 Å². The van der Waals surface area contributed by atoms with Crippen molar-refractivity contribution in [2.24, 2.45) is 0 Å². The van der Waals surface area contributed by atoms with E-state index in [2.05, 4.69) is 46.7 Å². The van der Waals surface area contributed by atoms with Crippen molar-refractivity contribution in [3.05, 3.63) is 412 Å². The third-order valence-electron chi connectivity index (χ3n) is 23.0. The molecule has 18 rings (SSSR count). The van der Waals surface area contributed by atoms with Crippen LogP contribution in [0.15, 0.2) is 261 Å². The van der Waals surface area contributed by atoms with E-state index >= 15 is 0 Å². The van der Waals surface area contributed by atoms with Gasteiger partial charge in [0.25, 0.3) is 12.9 Å². The molecular formula is C116H105F19O2. The van der Waals surface area contributed by atoms with E-state index in [1.807, 2.05) is 197 Å². The summed E-state index contributed by atoms with van der Waals surface area (Å²) >= 11 is 0. The SMILES string of the molecule is Cc1cc(C(F)(F)F)c2cc(C)ccc2c1.Cc1cc(C(F)F)c2cc(C)ccc2c1.Cc1cc(CF)c2cc(C)ccc2c1.Cc1cc(OC(F)F)c2cc(C)ccc2c1.Cc1cc2ccc(C)c(F)c2c(F)c1F.Cc1ccc2c(C(F)(F)F)c(C)ccc2c1.Cc1ccc2c(C(F)F)c(C)ccc2c1.Cc1ccc2c(CF)c(C)ccc2c1.Cc1ccc2c(OC(F)F)c(C)ccc2c1. The molecule has 137 heavy (non-hydrogen) atoms. The second kappa shape index (κ2) is 45.9. The van der Waals surface area contributed by atoms with Crippen LogP contribution in [0.4, 0.5) is 83.4 Å². The maximum Gasteiger partial charge on any atom is 0.417 e. The van der Waals surface area contributed by atoms with Gasteiger partial charge < -0.3 is 9.47 Å².